The van der Waals surface area contributed by atoms with Gasteiger partial charge < -0.3 is 15.3 Å². The van der Waals surface area contributed by atoms with Gasteiger partial charge in [0.2, 0.25) is 5.91 Å². The number of piperidine rings is 1. The Bertz CT molecular complexity index is 257. The molecule has 1 aliphatic heterocycles. The van der Waals surface area contributed by atoms with Crippen molar-refractivity contribution >= 4 is 5.91 Å². The van der Waals surface area contributed by atoms with E-state index >= 15 is 0 Å². The molecule has 106 valence electrons. The van der Waals surface area contributed by atoms with Crippen LogP contribution in [0.2, 0.25) is 0 Å². The molecule has 0 atom stereocenters. The third-order valence-corrected chi connectivity index (χ3v) is 4.18. The monoisotopic (exact) mass is 256 g/mol. The lowest BCUT2D eigenvalue weighted by Gasteiger charge is -2.37. The molecule has 1 fully saturated rings. The number of carbonyl (C=O) groups is 1. The smallest absolute Gasteiger partial charge is 0.216 e. The Kier molecular flexibility index (Phi) is 6.09. The van der Waals surface area contributed by atoms with Crippen LogP contribution in [-0.2, 0) is 4.79 Å². The van der Waals surface area contributed by atoms with Crippen LogP contribution >= 0.6 is 0 Å². The second kappa shape index (κ2) is 7.10. The second-order valence-electron chi connectivity index (χ2n) is 5.59. The molecule has 0 unspecified atom stereocenters. The molecule has 0 spiro atoms. The predicted octanol–water partition coefficient (Wildman–Crippen LogP) is 1.39. The van der Waals surface area contributed by atoms with Crippen molar-refractivity contribution in [2.24, 2.45) is 5.92 Å². The number of nitrogens with one attached hydrogen (secondary N) is 1. The fourth-order valence-electron chi connectivity index (χ4n) is 2.53. The lowest BCUT2D eigenvalue weighted by Crippen LogP contribution is -2.46. The van der Waals surface area contributed by atoms with Crippen LogP contribution in [0.3, 0.4) is 0 Å². The van der Waals surface area contributed by atoms with Crippen molar-refractivity contribution in [1.82, 2.24) is 10.2 Å². The Labute approximate surface area is 111 Å². The quantitative estimate of drug-likeness (QED) is 0.755. The third-order valence-electron chi connectivity index (χ3n) is 4.18. The van der Waals surface area contributed by atoms with Gasteiger partial charge in [-0.1, -0.05) is 13.8 Å². The molecular weight excluding hydrogens is 228 g/mol. The third kappa shape index (κ3) is 4.94. The molecule has 0 aromatic heterocycles. The van der Waals surface area contributed by atoms with Crippen LogP contribution in [0.25, 0.3) is 0 Å². The molecule has 4 heteroatoms. The van der Waals surface area contributed by atoms with Gasteiger partial charge in [-0.2, -0.15) is 0 Å². The van der Waals surface area contributed by atoms with Gasteiger partial charge in [0.1, 0.15) is 0 Å². The Morgan fingerprint density at radius 3 is 2.33 bits per heavy atom. The summed E-state index contributed by atoms with van der Waals surface area (Å²) in [5.41, 5.74) is -0.523. The van der Waals surface area contributed by atoms with Gasteiger partial charge in [-0.25, -0.2) is 0 Å². The minimum Gasteiger partial charge on any atom is -0.389 e. The van der Waals surface area contributed by atoms with Crippen molar-refractivity contribution in [3.8, 4) is 0 Å². The van der Waals surface area contributed by atoms with Crippen LogP contribution in [0.15, 0.2) is 0 Å². The van der Waals surface area contributed by atoms with Gasteiger partial charge in [0, 0.05) is 20.0 Å². The van der Waals surface area contributed by atoms with Gasteiger partial charge in [0.05, 0.1) is 5.60 Å². The highest BCUT2D eigenvalue weighted by Crippen LogP contribution is 2.21. The summed E-state index contributed by atoms with van der Waals surface area (Å²) in [6.07, 6.45) is 3.86. The van der Waals surface area contributed by atoms with Gasteiger partial charge in [-0.05, 0) is 44.7 Å². The highest BCUT2D eigenvalue weighted by Gasteiger charge is 2.28. The Morgan fingerprint density at radius 1 is 1.33 bits per heavy atom. The molecule has 1 aliphatic rings. The summed E-state index contributed by atoms with van der Waals surface area (Å²) in [6.45, 7) is 9.32. The molecule has 4 nitrogen and oxygen atoms in total. The molecular formula is C14H28N2O2. The molecule has 1 heterocycles. The minimum atomic E-state index is -0.523. The fourth-order valence-corrected chi connectivity index (χ4v) is 2.53. The number of nitrogens with zero attached hydrogens (tertiary/aromatic N) is 1. The van der Waals surface area contributed by atoms with Gasteiger partial charge in [-0.3, -0.25) is 4.79 Å². The number of likely N-dealkylation sites (tertiary alicyclic amines) is 1. The van der Waals surface area contributed by atoms with Gasteiger partial charge in [-0.15, -0.1) is 0 Å². The summed E-state index contributed by atoms with van der Waals surface area (Å²) in [5.74, 6) is 0.658. The topological polar surface area (TPSA) is 52.6 Å². The minimum absolute atomic E-state index is 0.0590. The second-order valence-corrected chi connectivity index (χ2v) is 5.59. The number of hydrogen-bond acceptors (Lipinski definition) is 3. The van der Waals surface area contributed by atoms with Crippen molar-refractivity contribution in [2.45, 2.75) is 52.1 Å². The average Bonchev–Trinajstić information content (AvgIpc) is 2.37. The zero-order valence-electron chi connectivity index (χ0n) is 12.0. The number of β-amino-alcohol motifs (C(OH)–C–C–N with tert-alkyl or cyclic N) is 1. The van der Waals surface area contributed by atoms with Crippen molar-refractivity contribution in [3.63, 3.8) is 0 Å². The summed E-state index contributed by atoms with van der Waals surface area (Å²) in [4.78, 5) is 13.2. The maximum atomic E-state index is 10.9. The number of aliphatic hydroxyl groups is 1. The molecule has 0 aromatic rings. The van der Waals surface area contributed by atoms with E-state index in [4.69, 9.17) is 0 Å². The van der Waals surface area contributed by atoms with Gasteiger partial charge in [0.25, 0.3) is 0 Å². The molecule has 18 heavy (non-hydrogen) atoms. The van der Waals surface area contributed by atoms with Gasteiger partial charge >= 0.3 is 0 Å². The number of carbonyl (C=O) groups excluding carboxylic acids is 1. The standard InChI is InChI=1S/C14H28N2O2/c1-4-14(18,5-2)11-16-8-6-13(7-9-16)10-15-12(3)17/h13,18H,4-11H2,1-3H3,(H,15,17). The van der Waals surface area contributed by atoms with Crippen LogP contribution in [-0.4, -0.2) is 47.7 Å². The lowest BCUT2D eigenvalue weighted by atomic mass is 9.92. The first-order chi connectivity index (χ1) is 8.49. The van der Waals surface area contributed by atoms with E-state index in [1.807, 2.05) is 13.8 Å². The molecule has 1 rings (SSSR count). The normalized spacial score (nSPS) is 18.9. The van der Waals surface area contributed by atoms with Crippen LogP contribution in [0.1, 0.15) is 46.5 Å². The summed E-state index contributed by atoms with van der Waals surface area (Å²) >= 11 is 0. The van der Waals surface area contributed by atoms with Crippen molar-refractivity contribution in [1.29, 1.82) is 0 Å². The molecule has 1 saturated heterocycles. The predicted molar refractivity (Wildman–Crippen MR) is 73.4 cm³/mol. The van der Waals surface area contributed by atoms with E-state index in [2.05, 4.69) is 10.2 Å². The first-order valence-electron chi connectivity index (χ1n) is 7.18. The SMILES string of the molecule is CCC(O)(CC)CN1CCC(CNC(C)=O)CC1. The maximum Gasteiger partial charge on any atom is 0.216 e. The fraction of sp³-hybridized carbons (Fsp3) is 0.929. The molecule has 0 aromatic carbocycles. The molecule has 0 bridgehead atoms. The first-order valence-corrected chi connectivity index (χ1v) is 7.18. The lowest BCUT2D eigenvalue weighted by molar-refractivity contribution is -0.119. The summed E-state index contributed by atoms with van der Waals surface area (Å²) in [5, 5.41) is 13.2. The summed E-state index contributed by atoms with van der Waals surface area (Å²) in [7, 11) is 0. The van der Waals surface area contributed by atoms with E-state index in [1.54, 1.807) is 6.92 Å². The van der Waals surface area contributed by atoms with E-state index in [0.29, 0.717) is 5.92 Å². The zero-order valence-corrected chi connectivity index (χ0v) is 12.0. The van der Waals surface area contributed by atoms with Crippen LogP contribution in [0.4, 0.5) is 0 Å². The average molecular weight is 256 g/mol. The van der Waals surface area contributed by atoms with Crippen LogP contribution in [0.5, 0.6) is 0 Å². The van der Waals surface area contributed by atoms with Crippen molar-refractivity contribution in [2.75, 3.05) is 26.2 Å². The molecule has 0 radical (unpaired) electrons. The highest BCUT2D eigenvalue weighted by molar-refractivity contribution is 5.72. The Balaban J connectivity index is 2.28. The number of amides is 1. The van der Waals surface area contributed by atoms with Gasteiger partial charge in [0.15, 0.2) is 0 Å². The molecule has 1 amide bonds. The van der Waals surface area contributed by atoms with Crippen molar-refractivity contribution < 1.29 is 9.90 Å². The van der Waals surface area contributed by atoms with Crippen LogP contribution in [0, 0.1) is 5.92 Å². The first kappa shape index (κ1) is 15.4. The highest BCUT2D eigenvalue weighted by atomic mass is 16.3. The van der Waals surface area contributed by atoms with Crippen molar-refractivity contribution in [3.05, 3.63) is 0 Å². The summed E-state index contributed by atoms with van der Waals surface area (Å²) in [6, 6.07) is 0. The Hall–Kier alpha value is -0.610. The van der Waals surface area contributed by atoms with E-state index in [0.717, 1.165) is 51.9 Å². The number of hydrogen-bond donors (Lipinski definition) is 2. The van der Waals surface area contributed by atoms with E-state index < -0.39 is 5.60 Å². The zero-order chi connectivity index (χ0) is 13.6. The van der Waals surface area contributed by atoms with Crippen LogP contribution < -0.4 is 5.32 Å². The number of rotatable bonds is 6. The largest absolute Gasteiger partial charge is 0.389 e. The Morgan fingerprint density at radius 2 is 1.89 bits per heavy atom. The molecule has 0 saturated carbocycles. The maximum absolute atomic E-state index is 10.9. The summed E-state index contributed by atoms with van der Waals surface area (Å²) < 4.78 is 0. The van der Waals surface area contributed by atoms with E-state index in [9.17, 15) is 9.90 Å². The van der Waals surface area contributed by atoms with E-state index in [-0.39, 0.29) is 5.91 Å². The molecule has 2 N–H and O–H groups in total. The molecule has 0 aliphatic carbocycles. The van der Waals surface area contributed by atoms with E-state index in [1.165, 1.54) is 0 Å².